The fraction of sp³-hybridized carbons (Fsp3) is 0.750. The van der Waals surface area contributed by atoms with Crippen molar-refractivity contribution in [1.29, 1.82) is 0 Å². The van der Waals surface area contributed by atoms with Crippen molar-refractivity contribution in [2.24, 2.45) is 11.8 Å². The van der Waals surface area contributed by atoms with Crippen molar-refractivity contribution in [3.63, 3.8) is 0 Å². The van der Waals surface area contributed by atoms with Crippen LogP contribution in [-0.2, 0) is 14.4 Å². The second-order valence-corrected chi connectivity index (χ2v) is 5.21. The molecule has 2 fully saturated rings. The molecular weight excluding hydrogens is 236 g/mol. The third-order valence-corrected chi connectivity index (χ3v) is 3.49. The molecule has 2 atom stereocenters. The monoisotopic (exact) mass is 254 g/mol. The Labute approximate surface area is 105 Å². The molecule has 1 heterocycles. The molecule has 2 rings (SSSR count). The van der Waals surface area contributed by atoms with Crippen LogP contribution in [0.4, 0.5) is 0 Å². The molecule has 0 spiro atoms. The Bertz CT molecular complexity index is 378. The number of amides is 2. The third-order valence-electron chi connectivity index (χ3n) is 3.49. The Morgan fingerprint density at radius 1 is 1.50 bits per heavy atom. The summed E-state index contributed by atoms with van der Waals surface area (Å²) in [6, 6.07) is -0.912. The minimum atomic E-state index is -1.07. The minimum absolute atomic E-state index is 0.00466. The van der Waals surface area contributed by atoms with Gasteiger partial charge in [0.1, 0.15) is 6.04 Å². The summed E-state index contributed by atoms with van der Waals surface area (Å²) in [6.45, 7) is 2.59. The van der Waals surface area contributed by atoms with Crippen molar-refractivity contribution >= 4 is 17.8 Å². The van der Waals surface area contributed by atoms with Crippen LogP contribution >= 0.6 is 0 Å². The molecule has 2 amide bonds. The molecular formula is C12H18N2O4. The Balaban J connectivity index is 1.84. The summed E-state index contributed by atoms with van der Waals surface area (Å²) in [7, 11) is 0. The van der Waals surface area contributed by atoms with E-state index in [-0.39, 0.29) is 18.2 Å². The topological polar surface area (TPSA) is 86.7 Å². The highest BCUT2D eigenvalue weighted by molar-refractivity contribution is 5.91. The van der Waals surface area contributed by atoms with Gasteiger partial charge in [-0.2, -0.15) is 0 Å². The number of carbonyl (C=O) groups excluding carboxylic acids is 2. The van der Waals surface area contributed by atoms with E-state index in [0.29, 0.717) is 12.5 Å². The highest BCUT2D eigenvalue weighted by Crippen LogP contribution is 2.31. The minimum Gasteiger partial charge on any atom is -0.480 e. The van der Waals surface area contributed by atoms with E-state index in [1.165, 1.54) is 6.92 Å². The molecule has 1 aliphatic carbocycles. The van der Waals surface area contributed by atoms with Crippen LogP contribution in [0.2, 0.25) is 0 Å². The number of rotatable bonds is 5. The summed E-state index contributed by atoms with van der Waals surface area (Å²) < 4.78 is 0. The number of hydrogen-bond acceptors (Lipinski definition) is 3. The van der Waals surface area contributed by atoms with Crippen LogP contribution in [0.15, 0.2) is 0 Å². The van der Waals surface area contributed by atoms with Crippen LogP contribution in [0.25, 0.3) is 0 Å². The average molecular weight is 254 g/mol. The number of carboxylic acid groups (broad SMARTS) is 1. The number of hydrogen-bond donors (Lipinski definition) is 2. The average Bonchev–Trinajstić information content (AvgIpc) is 3.03. The molecule has 2 aliphatic rings. The molecule has 2 N–H and O–H groups in total. The van der Waals surface area contributed by atoms with E-state index in [9.17, 15) is 14.4 Å². The number of aliphatic carboxylic acids is 1. The molecule has 0 aromatic heterocycles. The van der Waals surface area contributed by atoms with Gasteiger partial charge in [-0.05, 0) is 25.7 Å². The molecule has 1 saturated carbocycles. The van der Waals surface area contributed by atoms with E-state index >= 15 is 0 Å². The van der Waals surface area contributed by atoms with Gasteiger partial charge in [0.2, 0.25) is 11.8 Å². The lowest BCUT2D eigenvalue weighted by Gasteiger charge is -2.16. The molecule has 1 aliphatic heterocycles. The fourth-order valence-corrected chi connectivity index (χ4v) is 2.13. The van der Waals surface area contributed by atoms with Crippen molar-refractivity contribution < 1.29 is 19.5 Å². The van der Waals surface area contributed by atoms with Gasteiger partial charge >= 0.3 is 5.97 Å². The lowest BCUT2D eigenvalue weighted by molar-refractivity contribution is -0.141. The summed E-state index contributed by atoms with van der Waals surface area (Å²) in [5, 5.41) is 11.1. The zero-order valence-electron chi connectivity index (χ0n) is 10.4. The van der Waals surface area contributed by atoms with Crippen LogP contribution < -0.4 is 5.32 Å². The van der Waals surface area contributed by atoms with Gasteiger partial charge in [0.05, 0.1) is 5.92 Å². The molecule has 6 nitrogen and oxygen atoms in total. The first kappa shape index (κ1) is 12.9. The summed E-state index contributed by atoms with van der Waals surface area (Å²) in [6.07, 6.45) is 2.53. The molecule has 1 saturated heterocycles. The number of nitrogens with zero attached hydrogens (tertiary/aromatic N) is 1. The first-order valence-electron chi connectivity index (χ1n) is 6.28. The van der Waals surface area contributed by atoms with Gasteiger partial charge in [-0.15, -0.1) is 0 Å². The lowest BCUT2D eigenvalue weighted by atomic mass is 10.1. The van der Waals surface area contributed by atoms with Crippen LogP contribution in [0, 0.1) is 11.8 Å². The van der Waals surface area contributed by atoms with E-state index in [1.54, 1.807) is 4.90 Å². The second-order valence-electron chi connectivity index (χ2n) is 5.21. The Hall–Kier alpha value is -1.59. The first-order chi connectivity index (χ1) is 8.47. The molecule has 1 unspecified atom stereocenters. The quantitative estimate of drug-likeness (QED) is 0.713. The van der Waals surface area contributed by atoms with Crippen LogP contribution in [0.5, 0.6) is 0 Å². The molecule has 18 heavy (non-hydrogen) atoms. The number of carbonyl (C=O) groups is 3. The van der Waals surface area contributed by atoms with E-state index < -0.39 is 17.9 Å². The lowest BCUT2D eigenvalue weighted by Crippen LogP contribution is -2.42. The molecule has 100 valence electrons. The van der Waals surface area contributed by atoms with Crippen LogP contribution in [0.1, 0.15) is 26.2 Å². The summed E-state index contributed by atoms with van der Waals surface area (Å²) >= 11 is 0. The van der Waals surface area contributed by atoms with Crippen LogP contribution in [0.3, 0.4) is 0 Å². The van der Waals surface area contributed by atoms with Gasteiger partial charge in [-0.3, -0.25) is 14.4 Å². The number of likely N-dealkylation sites (tertiary alicyclic amines) is 1. The standard InChI is InChI=1S/C12H18N2O4/c1-7(12(17)18)13-11(16)9-4-10(15)14(6-9)5-8-2-3-8/h7-9H,2-6H2,1H3,(H,13,16)(H,17,18)/t7-,9?/m0/s1. The van der Waals surface area contributed by atoms with E-state index in [4.69, 9.17) is 5.11 Å². The number of carboxylic acids is 1. The van der Waals surface area contributed by atoms with Gasteiger partial charge in [0.25, 0.3) is 0 Å². The molecule has 0 radical (unpaired) electrons. The second kappa shape index (κ2) is 4.96. The molecule has 6 heteroatoms. The maximum Gasteiger partial charge on any atom is 0.325 e. The predicted octanol–water partition coefficient (Wildman–Crippen LogP) is -0.166. The Morgan fingerprint density at radius 3 is 2.72 bits per heavy atom. The van der Waals surface area contributed by atoms with Crippen molar-refractivity contribution in [3.05, 3.63) is 0 Å². The van der Waals surface area contributed by atoms with Crippen molar-refractivity contribution in [3.8, 4) is 0 Å². The zero-order valence-corrected chi connectivity index (χ0v) is 10.4. The maximum absolute atomic E-state index is 11.8. The smallest absolute Gasteiger partial charge is 0.325 e. The molecule has 0 aromatic rings. The fourth-order valence-electron chi connectivity index (χ4n) is 2.13. The largest absolute Gasteiger partial charge is 0.480 e. The van der Waals surface area contributed by atoms with Gasteiger partial charge in [-0.1, -0.05) is 0 Å². The summed E-state index contributed by atoms with van der Waals surface area (Å²) in [4.78, 5) is 35.9. The zero-order chi connectivity index (χ0) is 13.3. The highest BCUT2D eigenvalue weighted by atomic mass is 16.4. The van der Waals surface area contributed by atoms with Crippen molar-refractivity contribution in [2.75, 3.05) is 13.1 Å². The maximum atomic E-state index is 11.8. The van der Waals surface area contributed by atoms with E-state index in [0.717, 1.165) is 19.4 Å². The Kier molecular flexibility index (Phi) is 3.54. The SMILES string of the molecule is C[C@H](NC(=O)C1CC(=O)N(CC2CC2)C1)C(=O)O. The van der Waals surface area contributed by atoms with Crippen LogP contribution in [-0.4, -0.2) is 46.9 Å². The van der Waals surface area contributed by atoms with Gasteiger partial charge in [-0.25, -0.2) is 0 Å². The molecule has 0 aromatic carbocycles. The highest BCUT2D eigenvalue weighted by Gasteiger charge is 2.37. The summed E-state index contributed by atoms with van der Waals surface area (Å²) in [5.41, 5.74) is 0. The first-order valence-corrected chi connectivity index (χ1v) is 6.28. The normalized spacial score (nSPS) is 25.1. The predicted molar refractivity (Wildman–Crippen MR) is 62.7 cm³/mol. The van der Waals surface area contributed by atoms with E-state index in [1.807, 2.05) is 0 Å². The van der Waals surface area contributed by atoms with E-state index in [2.05, 4.69) is 5.32 Å². The van der Waals surface area contributed by atoms with Gasteiger partial charge in [0, 0.05) is 19.5 Å². The van der Waals surface area contributed by atoms with Gasteiger partial charge < -0.3 is 15.3 Å². The Morgan fingerprint density at radius 2 is 2.17 bits per heavy atom. The number of nitrogens with one attached hydrogen (secondary N) is 1. The van der Waals surface area contributed by atoms with Gasteiger partial charge in [0.15, 0.2) is 0 Å². The van der Waals surface area contributed by atoms with Crippen molar-refractivity contribution in [2.45, 2.75) is 32.2 Å². The molecule has 0 bridgehead atoms. The third kappa shape index (κ3) is 3.00. The summed E-state index contributed by atoms with van der Waals surface area (Å²) in [5.74, 6) is -1.20. The van der Waals surface area contributed by atoms with Crippen molar-refractivity contribution in [1.82, 2.24) is 10.2 Å².